The zero-order valence-electron chi connectivity index (χ0n) is 16.9. The highest BCUT2D eigenvalue weighted by Gasteiger charge is 2.16. The summed E-state index contributed by atoms with van der Waals surface area (Å²) in [7, 11) is 0. The fourth-order valence-electron chi connectivity index (χ4n) is 3.20. The molecule has 0 aliphatic carbocycles. The molecule has 3 heterocycles. The Bertz CT molecular complexity index is 1330. The van der Waals surface area contributed by atoms with Crippen LogP contribution in [0.5, 0.6) is 0 Å². The lowest BCUT2D eigenvalue weighted by molar-refractivity contribution is 0.247. The summed E-state index contributed by atoms with van der Waals surface area (Å²) >= 11 is 5.74. The first-order chi connectivity index (χ1) is 15.4. The van der Waals surface area contributed by atoms with Gasteiger partial charge in [0.1, 0.15) is 17.5 Å². The van der Waals surface area contributed by atoms with Crippen molar-refractivity contribution in [3.05, 3.63) is 93.6 Å². The van der Waals surface area contributed by atoms with Gasteiger partial charge >= 0.3 is 0 Å². The number of aliphatic hydroxyl groups excluding tert-OH is 1. The van der Waals surface area contributed by atoms with E-state index in [2.05, 4.69) is 25.3 Å². The van der Waals surface area contributed by atoms with Gasteiger partial charge in [0.25, 0.3) is 5.56 Å². The number of aliphatic hydroxyl groups is 1. The summed E-state index contributed by atoms with van der Waals surface area (Å²) in [5.74, 6) is 0.849. The summed E-state index contributed by atoms with van der Waals surface area (Å²) in [5.41, 5.74) is 1.14. The van der Waals surface area contributed by atoms with E-state index in [0.717, 1.165) is 0 Å². The normalized spacial score (nSPS) is 11.9. The van der Waals surface area contributed by atoms with Crippen LogP contribution in [0.25, 0.3) is 11.3 Å². The lowest BCUT2D eigenvalue weighted by atomic mass is 10.1. The number of aryl methyl sites for hydroxylation is 1. The number of anilines is 2. The Hall–Kier alpha value is -3.69. The van der Waals surface area contributed by atoms with E-state index in [9.17, 15) is 14.3 Å². The smallest absolute Gasteiger partial charge is 0.251 e. The lowest BCUT2D eigenvalue weighted by Crippen LogP contribution is -2.27. The zero-order chi connectivity index (χ0) is 22.7. The molecule has 1 aromatic carbocycles. The Morgan fingerprint density at radius 2 is 1.94 bits per heavy atom. The van der Waals surface area contributed by atoms with Crippen LogP contribution in [0.15, 0.2) is 65.8 Å². The van der Waals surface area contributed by atoms with E-state index in [-0.39, 0.29) is 17.2 Å². The molecule has 4 rings (SSSR count). The fourth-order valence-corrected chi connectivity index (χ4v) is 3.32. The highest BCUT2D eigenvalue weighted by Crippen LogP contribution is 2.23. The van der Waals surface area contributed by atoms with E-state index in [1.165, 1.54) is 29.0 Å². The van der Waals surface area contributed by atoms with Gasteiger partial charge in [-0.25, -0.2) is 24.3 Å². The molecule has 0 fully saturated rings. The SMILES string of the molecule is Cc1nccc(Nc2nccc(-c3ccn(C(CO)c4ccc(Cl)c(F)c4)c(=O)c3)n2)n1. The summed E-state index contributed by atoms with van der Waals surface area (Å²) in [6.07, 6.45) is 4.73. The first-order valence-electron chi connectivity index (χ1n) is 9.62. The minimum atomic E-state index is -0.757. The maximum Gasteiger partial charge on any atom is 0.251 e. The molecule has 1 unspecified atom stereocenters. The number of nitrogens with one attached hydrogen (secondary N) is 1. The molecule has 0 aliphatic rings. The van der Waals surface area contributed by atoms with Crippen molar-refractivity contribution >= 4 is 23.4 Å². The summed E-state index contributed by atoms with van der Waals surface area (Å²) in [5, 5.41) is 12.8. The molecule has 0 saturated heterocycles. The van der Waals surface area contributed by atoms with Crippen LogP contribution in [-0.4, -0.2) is 36.2 Å². The predicted octanol–water partition coefficient (Wildman–Crippen LogP) is 3.52. The minimum Gasteiger partial charge on any atom is -0.394 e. The topological polar surface area (TPSA) is 106 Å². The monoisotopic (exact) mass is 452 g/mol. The summed E-state index contributed by atoms with van der Waals surface area (Å²) in [6, 6.07) is 9.87. The molecule has 0 spiro atoms. The molecule has 0 aliphatic heterocycles. The van der Waals surface area contributed by atoms with Crippen LogP contribution < -0.4 is 10.9 Å². The number of pyridine rings is 1. The van der Waals surface area contributed by atoms with Crippen LogP contribution in [-0.2, 0) is 0 Å². The number of nitrogens with zero attached hydrogens (tertiary/aromatic N) is 5. The third-order valence-corrected chi connectivity index (χ3v) is 5.06. The van der Waals surface area contributed by atoms with Crippen molar-refractivity contribution in [2.24, 2.45) is 0 Å². The van der Waals surface area contributed by atoms with Crippen LogP contribution in [0, 0.1) is 12.7 Å². The molecule has 0 bridgehead atoms. The molecule has 162 valence electrons. The summed E-state index contributed by atoms with van der Waals surface area (Å²) < 4.78 is 15.2. The molecular weight excluding hydrogens is 435 g/mol. The first-order valence-corrected chi connectivity index (χ1v) is 10.0. The van der Waals surface area contributed by atoms with Crippen LogP contribution in [0.4, 0.5) is 16.2 Å². The van der Waals surface area contributed by atoms with Gasteiger partial charge in [0.05, 0.1) is 23.4 Å². The lowest BCUT2D eigenvalue weighted by Gasteiger charge is -2.18. The zero-order valence-corrected chi connectivity index (χ0v) is 17.7. The Kier molecular flexibility index (Phi) is 6.20. The summed E-state index contributed by atoms with van der Waals surface area (Å²) in [6.45, 7) is 1.38. The molecule has 8 nitrogen and oxygen atoms in total. The second-order valence-electron chi connectivity index (χ2n) is 6.91. The second kappa shape index (κ2) is 9.21. The van der Waals surface area contributed by atoms with Crippen LogP contribution >= 0.6 is 11.6 Å². The van der Waals surface area contributed by atoms with Gasteiger partial charge in [-0.2, -0.15) is 0 Å². The number of hydrogen-bond acceptors (Lipinski definition) is 7. The number of rotatable bonds is 6. The van der Waals surface area contributed by atoms with E-state index in [1.54, 1.807) is 43.6 Å². The third-order valence-electron chi connectivity index (χ3n) is 4.75. The van der Waals surface area contributed by atoms with Crippen LogP contribution in [0.3, 0.4) is 0 Å². The molecule has 3 aromatic heterocycles. The highest BCUT2D eigenvalue weighted by molar-refractivity contribution is 6.30. The van der Waals surface area contributed by atoms with Crippen LogP contribution in [0.2, 0.25) is 5.02 Å². The van der Waals surface area contributed by atoms with E-state index >= 15 is 0 Å². The van der Waals surface area contributed by atoms with Crippen molar-refractivity contribution in [2.45, 2.75) is 13.0 Å². The van der Waals surface area contributed by atoms with Gasteiger partial charge in [0.15, 0.2) is 0 Å². The number of halogens is 2. The Morgan fingerprint density at radius 3 is 2.66 bits per heavy atom. The molecule has 32 heavy (non-hydrogen) atoms. The molecule has 0 radical (unpaired) electrons. The first kappa shape index (κ1) is 21.5. The maximum atomic E-state index is 13.9. The number of aromatic nitrogens is 5. The molecule has 0 saturated carbocycles. The predicted molar refractivity (Wildman–Crippen MR) is 118 cm³/mol. The third kappa shape index (κ3) is 4.63. The number of hydrogen-bond donors (Lipinski definition) is 2. The van der Waals surface area contributed by atoms with Crippen molar-refractivity contribution < 1.29 is 9.50 Å². The van der Waals surface area contributed by atoms with Gasteiger partial charge in [-0.15, -0.1) is 0 Å². The van der Waals surface area contributed by atoms with Crippen molar-refractivity contribution in [3.8, 4) is 11.3 Å². The quantitative estimate of drug-likeness (QED) is 0.461. The van der Waals surface area contributed by atoms with Gasteiger partial charge in [0.2, 0.25) is 5.95 Å². The number of benzene rings is 1. The van der Waals surface area contributed by atoms with Crippen LogP contribution in [0.1, 0.15) is 17.4 Å². The van der Waals surface area contributed by atoms with Crippen molar-refractivity contribution in [1.29, 1.82) is 0 Å². The molecule has 4 aromatic rings. The molecule has 2 N–H and O–H groups in total. The molecule has 1 atom stereocenters. The maximum absolute atomic E-state index is 13.9. The fraction of sp³-hybridized carbons (Fsp3) is 0.136. The Balaban J connectivity index is 1.63. The van der Waals surface area contributed by atoms with E-state index in [0.29, 0.717) is 34.4 Å². The second-order valence-corrected chi connectivity index (χ2v) is 7.32. The average Bonchev–Trinajstić information content (AvgIpc) is 2.78. The standard InChI is InChI=1S/C22H18ClFN6O2/c1-13-25-8-5-20(27-13)29-22-26-7-4-18(28-22)14-6-9-30(21(32)11-14)19(12-31)15-2-3-16(23)17(24)10-15/h2-11,19,31H,12H2,1H3,(H,25,26,27,28,29). The van der Waals surface area contributed by atoms with E-state index < -0.39 is 11.9 Å². The minimum absolute atomic E-state index is 0.0292. The Labute approximate surface area is 187 Å². The van der Waals surface area contributed by atoms with E-state index in [1.807, 2.05) is 0 Å². The highest BCUT2D eigenvalue weighted by atomic mass is 35.5. The van der Waals surface area contributed by atoms with Gasteiger partial charge in [-0.1, -0.05) is 17.7 Å². The largest absolute Gasteiger partial charge is 0.394 e. The molecule has 0 amide bonds. The van der Waals surface area contributed by atoms with Gasteiger partial charge < -0.3 is 15.0 Å². The summed E-state index contributed by atoms with van der Waals surface area (Å²) in [4.78, 5) is 29.7. The van der Waals surface area contributed by atoms with E-state index in [4.69, 9.17) is 11.6 Å². The van der Waals surface area contributed by atoms with Gasteiger partial charge in [0, 0.05) is 30.2 Å². The van der Waals surface area contributed by atoms with Crippen molar-refractivity contribution in [2.75, 3.05) is 11.9 Å². The van der Waals surface area contributed by atoms with Crippen molar-refractivity contribution in [3.63, 3.8) is 0 Å². The average molecular weight is 453 g/mol. The molecule has 10 heteroatoms. The van der Waals surface area contributed by atoms with Gasteiger partial charge in [-0.05, 0) is 42.8 Å². The van der Waals surface area contributed by atoms with Crippen molar-refractivity contribution in [1.82, 2.24) is 24.5 Å². The Morgan fingerprint density at radius 1 is 1.12 bits per heavy atom. The van der Waals surface area contributed by atoms with Gasteiger partial charge in [-0.3, -0.25) is 4.79 Å². The molecular formula is C22H18ClFN6O2.